The predicted molar refractivity (Wildman–Crippen MR) is 72.1 cm³/mol. The predicted octanol–water partition coefficient (Wildman–Crippen LogP) is 0.135. The molecule has 0 unspecified atom stereocenters. The molecule has 0 bridgehead atoms. The molecule has 2 heterocycles. The van der Waals surface area contributed by atoms with E-state index in [-0.39, 0.29) is 6.42 Å². The molecular formula is C13H21N3O4. The summed E-state index contributed by atoms with van der Waals surface area (Å²) in [6, 6.07) is 0. The van der Waals surface area contributed by atoms with Crippen molar-refractivity contribution < 1.29 is 19.8 Å². The lowest BCUT2D eigenvalue weighted by atomic mass is 9.78. The fourth-order valence-electron chi connectivity index (χ4n) is 3.74. The van der Waals surface area contributed by atoms with Crippen molar-refractivity contribution in [1.82, 2.24) is 4.90 Å². The average molecular weight is 283 g/mol. The van der Waals surface area contributed by atoms with E-state index in [0.29, 0.717) is 50.6 Å². The van der Waals surface area contributed by atoms with Crippen molar-refractivity contribution >= 4 is 11.4 Å². The van der Waals surface area contributed by atoms with Crippen molar-refractivity contribution in [1.29, 1.82) is 0 Å². The van der Waals surface area contributed by atoms with E-state index < -0.39 is 11.3 Å². The van der Waals surface area contributed by atoms with Gasteiger partial charge in [0.2, 0.25) is 11.4 Å². The molecule has 0 amide bonds. The zero-order chi connectivity index (χ0) is 14.4. The maximum Gasteiger partial charge on any atom is 0.230 e. The Bertz CT molecular complexity index is 472. The molecule has 1 saturated carbocycles. The Hall–Kier alpha value is -1.18. The van der Waals surface area contributed by atoms with E-state index >= 15 is 0 Å². The monoisotopic (exact) mass is 283 g/mol. The number of hydroxylamine groups is 1. The van der Waals surface area contributed by atoms with Crippen molar-refractivity contribution in [3.8, 4) is 0 Å². The van der Waals surface area contributed by atoms with Gasteiger partial charge in [0.15, 0.2) is 5.60 Å². The van der Waals surface area contributed by atoms with Gasteiger partial charge in [0.1, 0.15) is 0 Å². The minimum atomic E-state index is -1.39. The highest BCUT2D eigenvalue weighted by Crippen LogP contribution is 2.40. The Kier molecular flexibility index (Phi) is 3.23. The third kappa shape index (κ3) is 1.77. The summed E-state index contributed by atoms with van der Waals surface area (Å²) in [5.41, 5.74) is -1.43. The molecule has 3 aliphatic rings. The van der Waals surface area contributed by atoms with Crippen LogP contribution in [-0.4, -0.2) is 68.9 Å². The van der Waals surface area contributed by atoms with Crippen molar-refractivity contribution in [2.45, 2.75) is 43.9 Å². The van der Waals surface area contributed by atoms with E-state index in [2.05, 4.69) is 10.1 Å². The highest BCUT2D eigenvalue weighted by Gasteiger charge is 2.62. The van der Waals surface area contributed by atoms with Gasteiger partial charge in [-0.05, 0) is 12.8 Å². The Morgan fingerprint density at radius 3 is 2.70 bits per heavy atom. The van der Waals surface area contributed by atoms with Gasteiger partial charge in [-0.1, -0.05) is 5.16 Å². The van der Waals surface area contributed by atoms with Gasteiger partial charge in [0.25, 0.3) is 0 Å². The standard InChI is InChI=1S/C13H21N3O4/c1-12(15-5-7-20-8-6-15)9-13(17)10(14-18)3-2-4-11(13)16(12)19/h17-18H,2-9H2,1H3/b14-10-/t12-,13+/m1/s1. The lowest BCUT2D eigenvalue weighted by molar-refractivity contribution is -0.572. The molecule has 7 heteroatoms. The number of rotatable bonds is 1. The third-order valence-electron chi connectivity index (χ3n) is 4.87. The van der Waals surface area contributed by atoms with Crippen LogP contribution >= 0.6 is 0 Å². The fraction of sp³-hybridized carbons (Fsp3) is 0.846. The van der Waals surface area contributed by atoms with Crippen molar-refractivity contribution in [2.24, 2.45) is 5.16 Å². The number of hydrogen-bond donors (Lipinski definition) is 2. The van der Waals surface area contributed by atoms with Crippen LogP contribution in [0.3, 0.4) is 0 Å². The van der Waals surface area contributed by atoms with Crippen LogP contribution in [-0.2, 0) is 4.74 Å². The number of morpholine rings is 1. The quantitative estimate of drug-likeness (QED) is 0.309. The molecule has 0 aromatic carbocycles. The zero-order valence-electron chi connectivity index (χ0n) is 11.7. The van der Waals surface area contributed by atoms with Gasteiger partial charge in [-0.25, -0.2) is 4.90 Å². The molecule has 0 radical (unpaired) electrons. The first-order chi connectivity index (χ1) is 9.52. The van der Waals surface area contributed by atoms with Crippen LogP contribution in [0.15, 0.2) is 5.16 Å². The molecule has 2 N–H and O–H groups in total. The van der Waals surface area contributed by atoms with E-state index in [0.717, 1.165) is 11.2 Å². The second-order valence-electron chi connectivity index (χ2n) is 5.99. The highest BCUT2D eigenvalue weighted by molar-refractivity contribution is 6.15. The van der Waals surface area contributed by atoms with E-state index in [1.165, 1.54) is 0 Å². The Morgan fingerprint density at radius 1 is 1.35 bits per heavy atom. The van der Waals surface area contributed by atoms with Crippen LogP contribution in [0.2, 0.25) is 0 Å². The molecule has 1 saturated heterocycles. The Labute approximate surface area is 117 Å². The minimum Gasteiger partial charge on any atom is -0.622 e. The molecule has 0 aromatic rings. The first kappa shape index (κ1) is 13.8. The molecule has 3 rings (SSSR count). The molecule has 20 heavy (non-hydrogen) atoms. The van der Waals surface area contributed by atoms with Crippen molar-refractivity contribution in [2.75, 3.05) is 26.3 Å². The summed E-state index contributed by atoms with van der Waals surface area (Å²) in [6.07, 6.45) is 2.07. The smallest absolute Gasteiger partial charge is 0.230 e. The maximum absolute atomic E-state index is 12.7. The second-order valence-corrected chi connectivity index (χ2v) is 5.99. The Balaban J connectivity index is 1.98. The average Bonchev–Trinajstić information content (AvgIpc) is 2.68. The lowest BCUT2D eigenvalue weighted by Gasteiger charge is -2.38. The van der Waals surface area contributed by atoms with E-state index in [4.69, 9.17) is 9.94 Å². The first-order valence-electron chi connectivity index (χ1n) is 7.12. The summed E-state index contributed by atoms with van der Waals surface area (Å²) in [6.45, 7) is 4.38. The molecule has 1 aliphatic carbocycles. The van der Waals surface area contributed by atoms with E-state index in [1.54, 1.807) is 0 Å². The molecule has 0 aromatic heterocycles. The lowest BCUT2D eigenvalue weighted by Crippen LogP contribution is -2.56. The summed E-state index contributed by atoms with van der Waals surface area (Å²) >= 11 is 0. The number of oxime groups is 1. The normalized spacial score (nSPS) is 41.2. The zero-order valence-corrected chi connectivity index (χ0v) is 11.7. The van der Waals surface area contributed by atoms with Gasteiger partial charge >= 0.3 is 0 Å². The third-order valence-corrected chi connectivity index (χ3v) is 4.87. The summed E-state index contributed by atoms with van der Waals surface area (Å²) in [5.74, 6) is 0. The number of hydrogen-bond acceptors (Lipinski definition) is 6. The number of fused-ring (bicyclic) bond motifs is 1. The highest BCUT2D eigenvalue weighted by atomic mass is 16.5. The molecule has 7 nitrogen and oxygen atoms in total. The molecule has 0 spiro atoms. The first-order valence-corrected chi connectivity index (χ1v) is 7.12. The number of nitrogens with zero attached hydrogens (tertiary/aromatic N) is 3. The molecule has 2 fully saturated rings. The largest absolute Gasteiger partial charge is 0.622 e. The topological polar surface area (TPSA) is 91.4 Å². The van der Waals surface area contributed by atoms with E-state index in [9.17, 15) is 10.3 Å². The maximum atomic E-state index is 12.7. The van der Waals surface area contributed by atoms with Gasteiger partial charge in [-0.15, -0.1) is 0 Å². The second kappa shape index (κ2) is 4.68. The molecule has 2 atom stereocenters. The SMILES string of the molecule is C[C@]1(N2CCOCC2)C[C@@]2(O)C(=[N+]1[O-])CCC/C2=N/O. The van der Waals surface area contributed by atoms with Crippen molar-refractivity contribution in [3.63, 3.8) is 0 Å². The fourth-order valence-corrected chi connectivity index (χ4v) is 3.74. The van der Waals surface area contributed by atoms with Crippen LogP contribution in [0.5, 0.6) is 0 Å². The van der Waals surface area contributed by atoms with Crippen LogP contribution in [0.1, 0.15) is 32.6 Å². The van der Waals surface area contributed by atoms with Crippen LogP contribution in [0.4, 0.5) is 0 Å². The summed E-state index contributed by atoms with van der Waals surface area (Å²) in [4.78, 5) is 2.06. The minimum absolute atomic E-state index is 0.248. The van der Waals surface area contributed by atoms with Gasteiger partial charge < -0.3 is 20.3 Å². The van der Waals surface area contributed by atoms with Crippen LogP contribution < -0.4 is 0 Å². The van der Waals surface area contributed by atoms with Gasteiger partial charge in [-0.3, -0.25) is 0 Å². The van der Waals surface area contributed by atoms with Crippen LogP contribution in [0, 0.1) is 5.21 Å². The van der Waals surface area contributed by atoms with Crippen molar-refractivity contribution in [3.05, 3.63) is 5.21 Å². The summed E-state index contributed by atoms with van der Waals surface area (Å²) in [5, 5.41) is 36.0. The summed E-state index contributed by atoms with van der Waals surface area (Å²) in [7, 11) is 0. The Morgan fingerprint density at radius 2 is 2.05 bits per heavy atom. The number of ether oxygens (including phenoxy) is 1. The van der Waals surface area contributed by atoms with Gasteiger partial charge in [-0.2, -0.15) is 4.74 Å². The molecular weight excluding hydrogens is 262 g/mol. The van der Waals surface area contributed by atoms with Gasteiger partial charge in [0.05, 0.1) is 25.3 Å². The van der Waals surface area contributed by atoms with Crippen LogP contribution in [0.25, 0.3) is 0 Å². The molecule has 2 aliphatic heterocycles. The number of aliphatic hydroxyl groups is 1. The summed E-state index contributed by atoms with van der Waals surface area (Å²) < 4.78 is 6.28. The van der Waals surface area contributed by atoms with E-state index in [1.807, 2.05) is 6.92 Å². The molecule has 112 valence electrons. The van der Waals surface area contributed by atoms with Gasteiger partial charge in [0, 0.05) is 26.4 Å².